The molecule has 0 atom stereocenters. The summed E-state index contributed by atoms with van der Waals surface area (Å²) in [6, 6.07) is 5.92. The van der Waals surface area contributed by atoms with E-state index in [1.807, 2.05) is 59.8 Å². The minimum Gasteiger partial charge on any atom is -0.404 e. The zero-order valence-electron chi connectivity index (χ0n) is 19.6. The molecule has 0 fully saturated rings. The molecule has 0 amide bonds. The van der Waals surface area contributed by atoms with Gasteiger partial charge in [0.15, 0.2) is 0 Å². The van der Waals surface area contributed by atoms with Crippen LogP contribution in [0.5, 0.6) is 5.75 Å². The maximum Gasteiger partial charge on any atom is 0.531 e. The fourth-order valence-corrected chi connectivity index (χ4v) is 4.42. The van der Waals surface area contributed by atoms with E-state index in [1.165, 1.54) is 0 Å². The minimum atomic E-state index is -3.86. The molecule has 1 rings (SSSR count). The van der Waals surface area contributed by atoms with Gasteiger partial charge >= 0.3 is 7.82 Å². The number of rotatable bonds is 6. The number of hydrogen-bond acceptors (Lipinski definition) is 4. The number of phosphoric acid groups is 1. The molecule has 0 saturated heterocycles. The molecule has 0 spiro atoms. The molecular formula is C23H39O4P. The van der Waals surface area contributed by atoms with E-state index in [0.717, 1.165) is 11.1 Å². The molecule has 0 aliphatic rings. The van der Waals surface area contributed by atoms with Crippen molar-refractivity contribution in [3.63, 3.8) is 0 Å². The summed E-state index contributed by atoms with van der Waals surface area (Å²) in [6.45, 7) is 25.4. The van der Waals surface area contributed by atoms with Crippen LogP contribution in [0, 0.1) is 0 Å². The van der Waals surface area contributed by atoms with E-state index in [9.17, 15) is 4.57 Å². The number of hydrogen-bond donors (Lipinski definition) is 0. The third-order valence-electron chi connectivity index (χ3n) is 4.02. The highest BCUT2D eigenvalue weighted by molar-refractivity contribution is 7.49. The zero-order valence-corrected chi connectivity index (χ0v) is 20.5. The van der Waals surface area contributed by atoms with Crippen LogP contribution in [0.15, 0.2) is 30.9 Å². The first kappa shape index (κ1) is 24.9. The first-order chi connectivity index (χ1) is 12.3. The second kappa shape index (κ2) is 7.97. The maximum absolute atomic E-state index is 13.5. The van der Waals surface area contributed by atoms with Gasteiger partial charge in [-0.15, -0.1) is 6.58 Å². The average Bonchev–Trinajstić information content (AvgIpc) is 2.41. The van der Waals surface area contributed by atoms with Gasteiger partial charge in [-0.05, 0) is 58.6 Å². The van der Waals surface area contributed by atoms with Gasteiger partial charge in [0, 0.05) is 11.0 Å². The van der Waals surface area contributed by atoms with Crippen LogP contribution < -0.4 is 4.52 Å². The molecule has 0 N–H and O–H groups in total. The highest BCUT2D eigenvalue weighted by Gasteiger charge is 2.40. The van der Waals surface area contributed by atoms with Gasteiger partial charge in [0.05, 0.1) is 11.2 Å². The molecule has 0 aliphatic carbocycles. The van der Waals surface area contributed by atoms with Gasteiger partial charge in [-0.1, -0.05) is 52.8 Å². The van der Waals surface area contributed by atoms with Gasteiger partial charge in [0.2, 0.25) is 0 Å². The smallest absolute Gasteiger partial charge is 0.404 e. The number of allylic oxidation sites excluding steroid dienone is 1. The Kier molecular flexibility index (Phi) is 7.10. The zero-order chi connectivity index (χ0) is 22.2. The summed E-state index contributed by atoms with van der Waals surface area (Å²) in [6.07, 6.45) is 1.92. The molecule has 28 heavy (non-hydrogen) atoms. The van der Waals surface area contributed by atoms with E-state index in [4.69, 9.17) is 13.6 Å². The summed E-state index contributed by atoms with van der Waals surface area (Å²) in [5.41, 5.74) is 0.266. The van der Waals surface area contributed by atoms with Crippen LogP contribution in [0.2, 0.25) is 0 Å². The van der Waals surface area contributed by atoms with Crippen molar-refractivity contribution < 1.29 is 18.1 Å². The Morgan fingerprint density at radius 3 is 1.68 bits per heavy atom. The summed E-state index contributed by atoms with van der Waals surface area (Å²) < 4.78 is 31.1. The Morgan fingerprint density at radius 2 is 1.32 bits per heavy atom. The van der Waals surface area contributed by atoms with Gasteiger partial charge in [-0.3, -0.25) is 9.05 Å². The van der Waals surface area contributed by atoms with E-state index in [0.29, 0.717) is 5.75 Å². The summed E-state index contributed by atoms with van der Waals surface area (Å²) in [5.74, 6) is 0.507. The molecule has 1 aromatic carbocycles. The average molecular weight is 411 g/mol. The van der Waals surface area contributed by atoms with Crippen LogP contribution in [0.25, 0.3) is 0 Å². The number of phosphoric ester groups is 1. The Hall–Kier alpha value is -1.09. The van der Waals surface area contributed by atoms with Crippen molar-refractivity contribution in [1.29, 1.82) is 0 Å². The fraction of sp³-hybridized carbons (Fsp3) is 0.652. The largest absolute Gasteiger partial charge is 0.531 e. The lowest BCUT2D eigenvalue weighted by Gasteiger charge is -2.33. The van der Waals surface area contributed by atoms with Gasteiger partial charge in [0.1, 0.15) is 5.75 Å². The lowest BCUT2D eigenvalue weighted by atomic mass is 9.79. The van der Waals surface area contributed by atoms with Gasteiger partial charge < -0.3 is 4.52 Å². The summed E-state index contributed by atoms with van der Waals surface area (Å²) in [4.78, 5) is 0. The predicted octanol–water partition coefficient (Wildman–Crippen LogP) is 7.56. The Bertz CT molecular complexity index is 723. The molecular weight excluding hydrogens is 371 g/mol. The van der Waals surface area contributed by atoms with Crippen molar-refractivity contribution in [2.24, 2.45) is 0 Å². The lowest BCUT2D eigenvalue weighted by Crippen LogP contribution is -2.26. The second-order valence-corrected chi connectivity index (χ2v) is 12.3. The lowest BCUT2D eigenvalue weighted by molar-refractivity contribution is 0.0222. The molecule has 0 heterocycles. The van der Waals surface area contributed by atoms with E-state index in [2.05, 4.69) is 47.3 Å². The molecule has 1 aromatic rings. The molecule has 0 radical (unpaired) electrons. The Labute approximate surface area is 172 Å². The predicted molar refractivity (Wildman–Crippen MR) is 118 cm³/mol. The summed E-state index contributed by atoms with van der Waals surface area (Å²) >= 11 is 0. The van der Waals surface area contributed by atoms with E-state index >= 15 is 0 Å². The van der Waals surface area contributed by atoms with Crippen LogP contribution in [-0.2, 0) is 24.4 Å². The van der Waals surface area contributed by atoms with Crippen molar-refractivity contribution in [3.05, 3.63) is 42.0 Å². The fourth-order valence-electron chi connectivity index (χ4n) is 2.56. The highest BCUT2D eigenvalue weighted by atomic mass is 31.2. The van der Waals surface area contributed by atoms with Crippen molar-refractivity contribution in [2.45, 2.75) is 98.2 Å². The first-order valence-corrected chi connectivity index (χ1v) is 11.2. The third-order valence-corrected chi connectivity index (χ3v) is 5.99. The standard InChI is InChI=1S/C23H39O4P/c1-13-23(11,12)17-14-15-19(18(16-17)20(2,3)4)25-28(24,26-21(5,6)7)27-22(8,9)10/h13-16H,1H2,2-12H3. The molecule has 0 aromatic heterocycles. The summed E-state index contributed by atoms with van der Waals surface area (Å²) in [5, 5.41) is 0. The molecule has 0 unspecified atom stereocenters. The van der Waals surface area contributed by atoms with Gasteiger partial charge in [-0.25, -0.2) is 4.57 Å². The van der Waals surface area contributed by atoms with Crippen LogP contribution in [0.1, 0.15) is 87.3 Å². The molecule has 5 heteroatoms. The van der Waals surface area contributed by atoms with E-state index < -0.39 is 19.0 Å². The minimum absolute atomic E-state index is 0.188. The molecule has 160 valence electrons. The van der Waals surface area contributed by atoms with Crippen LogP contribution >= 0.6 is 7.82 Å². The third kappa shape index (κ3) is 7.39. The number of benzene rings is 1. The normalized spacial score (nSPS) is 14.1. The van der Waals surface area contributed by atoms with Crippen LogP contribution in [0.3, 0.4) is 0 Å². The second-order valence-electron chi connectivity index (χ2n) is 10.8. The van der Waals surface area contributed by atoms with Gasteiger partial charge in [-0.2, -0.15) is 0 Å². The van der Waals surface area contributed by atoms with Crippen LogP contribution in [0.4, 0.5) is 0 Å². The van der Waals surface area contributed by atoms with Gasteiger partial charge in [0.25, 0.3) is 0 Å². The molecule has 4 nitrogen and oxygen atoms in total. The summed E-state index contributed by atoms with van der Waals surface area (Å²) in [7, 11) is -3.86. The maximum atomic E-state index is 13.5. The van der Waals surface area contributed by atoms with Crippen molar-refractivity contribution in [3.8, 4) is 5.75 Å². The monoisotopic (exact) mass is 410 g/mol. The molecule has 0 saturated carbocycles. The molecule has 0 aliphatic heterocycles. The van der Waals surface area contributed by atoms with Crippen molar-refractivity contribution in [1.82, 2.24) is 0 Å². The van der Waals surface area contributed by atoms with E-state index in [-0.39, 0.29) is 10.8 Å². The Balaban J connectivity index is 3.51. The van der Waals surface area contributed by atoms with Crippen LogP contribution in [-0.4, -0.2) is 11.2 Å². The van der Waals surface area contributed by atoms with Crippen molar-refractivity contribution >= 4 is 7.82 Å². The van der Waals surface area contributed by atoms with E-state index in [1.54, 1.807) is 0 Å². The first-order valence-electron chi connectivity index (χ1n) is 9.78. The van der Waals surface area contributed by atoms with Crippen molar-refractivity contribution in [2.75, 3.05) is 0 Å². The Morgan fingerprint density at radius 1 is 0.857 bits per heavy atom. The topological polar surface area (TPSA) is 44.8 Å². The highest BCUT2D eigenvalue weighted by Crippen LogP contribution is 2.56. The molecule has 0 bridgehead atoms. The quantitative estimate of drug-likeness (QED) is 0.358. The SMILES string of the molecule is C=CC(C)(C)c1ccc(OP(=O)(OC(C)(C)C)OC(C)(C)C)c(C(C)(C)C)c1.